The molecule has 0 aromatic carbocycles. The maximum Gasteiger partial charge on any atom is 0.0946 e. The highest BCUT2D eigenvalue weighted by Gasteiger charge is 2.00. The van der Waals surface area contributed by atoms with Crippen molar-refractivity contribution in [2.75, 3.05) is 6.54 Å². The normalized spacial score (nSPS) is 10.9. The van der Waals surface area contributed by atoms with E-state index in [0.717, 1.165) is 19.6 Å². The van der Waals surface area contributed by atoms with Crippen molar-refractivity contribution in [2.45, 2.75) is 20.0 Å². The summed E-state index contributed by atoms with van der Waals surface area (Å²) in [5.41, 5.74) is 2.54. The molecular formula is C12H18N4. The summed E-state index contributed by atoms with van der Waals surface area (Å²) in [7, 11) is 2.02. The minimum absolute atomic E-state index is 0.878. The lowest BCUT2D eigenvalue weighted by atomic mass is 10.3. The first-order valence-corrected chi connectivity index (χ1v) is 5.60. The molecule has 0 aliphatic heterocycles. The van der Waals surface area contributed by atoms with E-state index in [-0.39, 0.29) is 0 Å². The molecule has 0 spiro atoms. The standard InChI is InChI=1S/C12H18N4/c1-3-13-6-11-4-5-16(8-11)9-12-7-14-10-15(12)2/h4-5,7-8,10,13H,3,6,9H2,1-2H3. The molecule has 2 aromatic rings. The highest BCUT2D eigenvalue weighted by Crippen LogP contribution is 2.05. The van der Waals surface area contributed by atoms with Gasteiger partial charge in [-0.15, -0.1) is 0 Å². The van der Waals surface area contributed by atoms with Gasteiger partial charge in [-0.25, -0.2) is 4.98 Å². The predicted octanol–water partition coefficient (Wildman–Crippen LogP) is 1.38. The van der Waals surface area contributed by atoms with Crippen LogP contribution < -0.4 is 5.32 Å². The van der Waals surface area contributed by atoms with E-state index in [0.29, 0.717) is 0 Å². The molecule has 4 nitrogen and oxygen atoms in total. The minimum atomic E-state index is 0.878. The molecular weight excluding hydrogens is 200 g/mol. The Morgan fingerprint density at radius 2 is 2.31 bits per heavy atom. The van der Waals surface area contributed by atoms with Crippen molar-refractivity contribution in [2.24, 2.45) is 7.05 Å². The van der Waals surface area contributed by atoms with Crippen molar-refractivity contribution in [3.8, 4) is 0 Å². The third kappa shape index (κ3) is 2.52. The number of rotatable bonds is 5. The quantitative estimate of drug-likeness (QED) is 0.822. The van der Waals surface area contributed by atoms with Gasteiger partial charge >= 0.3 is 0 Å². The van der Waals surface area contributed by atoms with E-state index in [1.807, 2.05) is 24.1 Å². The molecule has 0 saturated carbocycles. The van der Waals surface area contributed by atoms with Gasteiger partial charge < -0.3 is 14.5 Å². The van der Waals surface area contributed by atoms with Crippen LogP contribution in [0.4, 0.5) is 0 Å². The van der Waals surface area contributed by atoms with Crippen molar-refractivity contribution in [1.29, 1.82) is 0 Å². The Morgan fingerprint density at radius 3 is 3.00 bits per heavy atom. The van der Waals surface area contributed by atoms with Gasteiger partial charge in [-0.1, -0.05) is 6.92 Å². The zero-order valence-corrected chi connectivity index (χ0v) is 9.85. The predicted molar refractivity (Wildman–Crippen MR) is 64.1 cm³/mol. The number of aromatic nitrogens is 3. The molecule has 0 radical (unpaired) electrons. The van der Waals surface area contributed by atoms with Gasteiger partial charge in [-0.2, -0.15) is 0 Å². The average Bonchev–Trinajstić information content (AvgIpc) is 2.87. The Bertz CT molecular complexity index is 441. The average molecular weight is 218 g/mol. The van der Waals surface area contributed by atoms with Crippen molar-refractivity contribution < 1.29 is 0 Å². The zero-order chi connectivity index (χ0) is 11.4. The summed E-state index contributed by atoms with van der Waals surface area (Å²) in [4.78, 5) is 4.11. The second kappa shape index (κ2) is 4.99. The number of imidazole rings is 1. The molecule has 86 valence electrons. The second-order valence-corrected chi connectivity index (χ2v) is 3.97. The van der Waals surface area contributed by atoms with Crippen LogP contribution in [0.15, 0.2) is 31.0 Å². The molecule has 0 amide bonds. The molecule has 2 aromatic heterocycles. The largest absolute Gasteiger partial charge is 0.348 e. The third-order valence-electron chi connectivity index (χ3n) is 2.65. The first kappa shape index (κ1) is 11.0. The molecule has 0 aliphatic rings. The number of hydrogen-bond donors (Lipinski definition) is 1. The van der Waals surface area contributed by atoms with Gasteiger partial charge in [0.05, 0.1) is 18.6 Å². The summed E-state index contributed by atoms with van der Waals surface area (Å²) in [6.07, 6.45) is 8.03. The molecule has 0 aliphatic carbocycles. The van der Waals surface area contributed by atoms with Crippen LogP contribution in [0.25, 0.3) is 0 Å². The maximum atomic E-state index is 4.11. The van der Waals surface area contributed by atoms with Crippen LogP contribution in [0, 0.1) is 0 Å². The fourth-order valence-electron chi connectivity index (χ4n) is 1.69. The van der Waals surface area contributed by atoms with Gasteiger partial charge in [-0.3, -0.25) is 0 Å². The first-order chi connectivity index (χ1) is 7.79. The number of nitrogens with one attached hydrogen (secondary N) is 1. The van der Waals surface area contributed by atoms with Gasteiger partial charge in [-0.05, 0) is 18.2 Å². The van der Waals surface area contributed by atoms with E-state index in [1.54, 1.807) is 0 Å². The Balaban J connectivity index is 2.00. The third-order valence-corrected chi connectivity index (χ3v) is 2.65. The van der Waals surface area contributed by atoms with E-state index in [9.17, 15) is 0 Å². The fraction of sp³-hybridized carbons (Fsp3) is 0.417. The van der Waals surface area contributed by atoms with Crippen LogP contribution in [-0.2, 0) is 20.1 Å². The maximum absolute atomic E-state index is 4.11. The van der Waals surface area contributed by atoms with E-state index >= 15 is 0 Å². The molecule has 0 saturated heterocycles. The lowest BCUT2D eigenvalue weighted by Crippen LogP contribution is -2.11. The summed E-state index contributed by atoms with van der Waals surface area (Å²) in [5.74, 6) is 0. The number of hydrogen-bond acceptors (Lipinski definition) is 2. The highest BCUT2D eigenvalue weighted by atomic mass is 15.1. The monoisotopic (exact) mass is 218 g/mol. The van der Waals surface area contributed by atoms with Gasteiger partial charge in [0.25, 0.3) is 0 Å². The summed E-state index contributed by atoms with van der Waals surface area (Å²) in [6.45, 7) is 4.94. The molecule has 0 fully saturated rings. The zero-order valence-electron chi connectivity index (χ0n) is 9.85. The number of aryl methyl sites for hydroxylation is 1. The fourth-order valence-corrected chi connectivity index (χ4v) is 1.69. The molecule has 1 N–H and O–H groups in total. The van der Waals surface area contributed by atoms with Crippen LogP contribution in [-0.4, -0.2) is 20.7 Å². The summed E-state index contributed by atoms with van der Waals surface area (Å²) in [5, 5.41) is 3.32. The molecule has 4 heteroatoms. The minimum Gasteiger partial charge on any atom is -0.348 e. The summed E-state index contributed by atoms with van der Waals surface area (Å²) >= 11 is 0. The van der Waals surface area contributed by atoms with E-state index in [4.69, 9.17) is 0 Å². The molecule has 2 rings (SSSR count). The van der Waals surface area contributed by atoms with Crippen LogP contribution >= 0.6 is 0 Å². The van der Waals surface area contributed by atoms with Gasteiger partial charge in [0.15, 0.2) is 0 Å². The van der Waals surface area contributed by atoms with Crippen LogP contribution in [0.2, 0.25) is 0 Å². The SMILES string of the molecule is CCNCc1ccn(Cc2cncn2C)c1. The van der Waals surface area contributed by atoms with Crippen molar-refractivity contribution in [1.82, 2.24) is 19.4 Å². The highest BCUT2D eigenvalue weighted by molar-refractivity contribution is 5.11. The Morgan fingerprint density at radius 1 is 1.44 bits per heavy atom. The Kier molecular flexibility index (Phi) is 3.41. The second-order valence-electron chi connectivity index (χ2n) is 3.97. The van der Waals surface area contributed by atoms with E-state index < -0.39 is 0 Å². The summed E-state index contributed by atoms with van der Waals surface area (Å²) in [6, 6.07) is 2.15. The molecule has 0 unspecified atom stereocenters. The van der Waals surface area contributed by atoms with Gasteiger partial charge in [0, 0.05) is 32.2 Å². The van der Waals surface area contributed by atoms with Crippen molar-refractivity contribution in [3.63, 3.8) is 0 Å². The smallest absolute Gasteiger partial charge is 0.0946 e. The molecule has 16 heavy (non-hydrogen) atoms. The molecule has 0 bridgehead atoms. The Labute approximate surface area is 95.9 Å². The summed E-state index contributed by atoms with van der Waals surface area (Å²) < 4.78 is 4.23. The lowest BCUT2D eigenvalue weighted by Gasteiger charge is -2.03. The Hall–Kier alpha value is -1.55. The van der Waals surface area contributed by atoms with Gasteiger partial charge in [0.2, 0.25) is 0 Å². The first-order valence-electron chi connectivity index (χ1n) is 5.60. The van der Waals surface area contributed by atoms with Crippen LogP contribution in [0.1, 0.15) is 18.2 Å². The number of nitrogens with zero attached hydrogens (tertiary/aromatic N) is 3. The van der Waals surface area contributed by atoms with Crippen molar-refractivity contribution in [3.05, 3.63) is 42.2 Å². The molecule has 2 heterocycles. The molecule has 0 atom stereocenters. The van der Waals surface area contributed by atoms with Crippen LogP contribution in [0.5, 0.6) is 0 Å². The van der Waals surface area contributed by atoms with Crippen molar-refractivity contribution >= 4 is 0 Å². The van der Waals surface area contributed by atoms with E-state index in [2.05, 4.69) is 40.3 Å². The lowest BCUT2D eigenvalue weighted by molar-refractivity contribution is 0.708. The van der Waals surface area contributed by atoms with Gasteiger partial charge in [0.1, 0.15) is 0 Å². The van der Waals surface area contributed by atoms with Crippen LogP contribution in [0.3, 0.4) is 0 Å². The van der Waals surface area contributed by atoms with E-state index in [1.165, 1.54) is 11.3 Å². The topological polar surface area (TPSA) is 34.8 Å².